The first-order chi connectivity index (χ1) is 6.18. The first-order valence-corrected chi connectivity index (χ1v) is 6.80. The summed E-state index contributed by atoms with van der Waals surface area (Å²) in [6.45, 7) is 8.00. The zero-order valence-electron chi connectivity index (χ0n) is 9.60. The van der Waals surface area contributed by atoms with Gasteiger partial charge in [-0.2, -0.15) is 11.8 Å². The minimum Gasteiger partial charge on any atom is -0.314 e. The van der Waals surface area contributed by atoms with Crippen LogP contribution in [-0.2, 0) is 0 Å². The van der Waals surface area contributed by atoms with Crippen molar-refractivity contribution in [2.75, 3.05) is 18.6 Å². The summed E-state index contributed by atoms with van der Waals surface area (Å²) in [5.41, 5.74) is 0. The van der Waals surface area contributed by atoms with Crippen molar-refractivity contribution in [3.63, 3.8) is 0 Å². The average molecular weight is 203 g/mol. The van der Waals surface area contributed by atoms with E-state index in [1.165, 1.54) is 31.6 Å². The summed E-state index contributed by atoms with van der Waals surface area (Å²) in [5.74, 6) is 2.07. The number of rotatable bonds is 8. The molecule has 1 nitrogen and oxygen atoms in total. The van der Waals surface area contributed by atoms with E-state index < -0.39 is 0 Å². The van der Waals surface area contributed by atoms with Crippen molar-refractivity contribution in [3.8, 4) is 0 Å². The topological polar surface area (TPSA) is 12.0 Å². The van der Waals surface area contributed by atoms with Gasteiger partial charge in [0.2, 0.25) is 0 Å². The summed E-state index contributed by atoms with van der Waals surface area (Å²) in [6, 6.07) is 0.667. The molecular formula is C11H25NS. The highest BCUT2D eigenvalue weighted by atomic mass is 32.2. The van der Waals surface area contributed by atoms with Gasteiger partial charge in [0, 0.05) is 6.04 Å². The predicted molar refractivity (Wildman–Crippen MR) is 64.5 cm³/mol. The van der Waals surface area contributed by atoms with Gasteiger partial charge in [-0.25, -0.2) is 0 Å². The van der Waals surface area contributed by atoms with E-state index in [1.807, 2.05) is 11.8 Å². The van der Waals surface area contributed by atoms with E-state index in [-0.39, 0.29) is 0 Å². The summed E-state index contributed by atoms with van der Waals surface area (Å²) in [5, 5.41) is 3.55. The minimum absolute atomic E-state index is 0.667. The first-order valence-electron chi connectivity index (χ1n) is 5.40. The Morgan fingerprint density at radius 3 is 2.31 bits per heavy atom. The van der Waals surface area contributed by atoms with Crippen LogP contribution in [0.15, 0.2) is 0 Å². The SMILES string of the molecule is CSCCCCCNC(C)C(C)C. The van der Waals surface area contributed by atoms with E-state index in [0.29, 0.717) is 6.04 Å². The number of hydrogen-bond acceptors (Lipinski definition) is 2. The Labute approximate surface area is 88.1 Å². The molecule has 0 saturated carbocycles. The number of nitrogens with one attached hydrogen (secondary N) is 1. The molecule has 80 valence electrons. The lowest BCUT2D eigenvalue weighted by Gasteiger charge is -2.17. The average Bonchev–Trinajstić information content (AvgIpc) is 2.10. The standard InChI is InChI=1S/C11H25NS/c1-10(2)11(3)12-8-6-5-7-9-13-4/h10-12H,5-9H2,1-4H3. The fourth-order valence-electron chi connectivity index (χ4n) is 1.11. The highest BCUT2D eigenvalue weighted by molar-refractivity contribution is 7.98. The van der Waals surface area contributed by atoms with Gasteiger partial charge in [0.05, 0.1) is 0 Å². The van der Waals surface area contributed by atoms with Gasteiger partial charge in [-0.3, -0.25) is 0 Å². The highest BCUT2D eigenvalue weighted by Gasteiger charge is 2.04. The Morgan fingerprint density at radius 1 is 1.08 bits per heavy atom. The molecule has 0 rings (SSSR count). The van der Waals surface area contributed by atoms with E-state index >= 15 is 0 Å². The largest absolute Gasteiger partial charge is 0.314 e. The molecule has 1 N–H and O–H groups in total. The Bertz CT molecular complexity index is 104. The van der Waals surface area contributed by atoms with E-state index in [9.17, 15) is 0 Å². The second-order valence-electron chi connectivity index (χ2n) is 4.04. The molecule has 0 radical (unpaired) electrons. The lowest BCUT2D eigenvalue weighted by Crippen LogP contribution is -2.31. The normalized spacial score (nSPS) is 13.6. The van der Waals surface area contributed by atoms with E-state index in [4.69, 9.17) is 0 Å². The number of thioether (sulfide) groups is 1. The van der Waals surface area contributed by atoms with Crippen LogP contribution in [0.3, 0.4) is 0 Å². The highest BCUT2D eigenvalue weighted by Crippen LogP contribution is 2.03. The monoisotopic (exact) mass is 203 g/mol. The molecule has 0 aromatic rings. The Kier molecular flexibility index (Phi) is 9.10. The van der Waals surface area contributed by atoms with Crippen LogP contribution >= 0.6 is 11.8 Å². The van der Waals surface area contributed by atoms with Crippen LogP contribution in [0.2, 0.25) is 0 Å². The van der Waals surface area contributed by atoms with E-state index in [2.05, 4.69) is 32.3 Å². The third-order valence-electron chi connectivity index (χ3n) is 2.49. The first kappa shape index (κ1) is 13.3. The second-order valence-corrected chi connectivity index (χ2v) is 5.03. The van der Waals surface area contributed by atoms with Crippen molar-refractivity contribution in [1.29, 1.82) is 0 Å². The molecule has 1 atom stereocenters. The van der Waals surface area contributed by atoms with Crippen LogP contribution in [0.4, 0.5) is 0 Å². The van der Waals surface area contributed by atoms with Gasteiger partial charge in [0.15, 0.2) is 0 Å². The fraction of sp³-hybridized carbons (Fsp3) is 1.00. The third-order valence-corrected chi connectivity index (χ3v) is 3.19. The molecule has 0 aromatic carbocycles. The molecule has 2 heteroatoms. The quantitative estimate of drug-likeness (QED) is 0.608. The van der Waals surface area contributed by atoms with Crippen molar-refractivity contribution >= 4 is 11.8 Å². The maximum atomic E-state index is 3.55. The van der Waals surface area contributed by atoms with Crippen LogP contribution < -0.4 is 5.32 Å². The van der Waals surface area contributed by atoms with Crippen LogP contribution in [0, 0.1) is 5.92 Å². The van der Waals surface area contributed by atoms with Gasteiger partial charge in [-0.15, -0.1) is 0 Å². The maximum absolute atomic E-state index is 3.55. The Hall–Kier alpha value is 0.310. The molecule has 0 spiro atoms. The van der Waals surface area contributed by atoms with E-state index in [1.54, 1.807) is 0 Å². The molecule has 0 aliphatic carbocycles. The van der Waals surface area contributed by atoms with Gasteiger partial charge >= 0.3 is 0 Å². The molecule has 0 bridgehead atoms. The Morgan fingerprint density at radius 2 is 1.77 bits per heavy atom. The second kappa shape index (κ2) is 8.89. The summed E-state index contributed by atoms with van der Waals surface area (Å²) >= 11 is 1.95. The molecular weight excluding hydrogens is 178 g/mol. The van der Waals surface area contributed by atoms with E-state index in [0.717, 1.165) is 5.92 Å². The van der Waals surface area contributed by atoms with Gasteiger partial charge in [-0.05, 0) is 44.2 Å². The molecule has 0 aromatic heterocycles. The van der Waals surface area contributed by atoms with Crippen LogP contribution in [0.25, 0.3) is 0 Å². The molecule has 0 aliphatic heterocycles. The van der Waals surface area contributed by atoms with Gasteiger partial charge < -0.3 is 5.32 Å². The van der Waals surface area contributed by atoms with Crippen LogP contribution in [0.5, 0.6) is 0 Å². The van der Waals surface area contributed by atoms with Crippen molar-refractivity contribution < 1.29 is 0 Å². The molecule has 0 fully saturated rings. The zero-order chi connectivity index (χ0) is 10.1. The predicted octanol–water partition coefficient (Wildman–Crippen LogP) is 3.15. The van der Waals surface area contributed by atoms with Gasteiger partial charge in [0.1, 0.15) is 0 Å². The lowest BCUT2D eigenvalue weighted by atomic mass is 10.1. The zero-order valence-corrected chi connectivity index (χ0v) is 10.4. The summed E-state index contributed by atoms with van der Waals surface area (Å²) in [4.78, 5) is 0. The third kappa shape index (κ3) is 8.63. The molecule has 0 amide bonds. The molecule has 1 unspecified atom stereocenters. The number of hydrogen-bond donors (Lipinski definition) is 1. The number of unbranched alkanes of at least 4 members (excludes halogenated alkanes) is 2. The molecule has 0 heterocycles. The van der Waals surface area contributed by atoms with Crippen molar-refractivity contribution in [2.45, 2.75) is 46.1 Å². The van der Waals surface area contributed by atoms with Gasteiger partial charge in [-0.1, -0.05) is 20.3 Å². The van der Waals surface area contributed by atoms with Gasteiger partial charge in [0.25, 0.3) is 0 Å². The maximum Gasteiger partial charge on any atom is 0.00617 e. The lowest BCUT2D eigenvalue weighted by molar-refractivity contribution is 0.421. The summed E-state index contributed by atoms with van der Waals surface area (Å²) in [7, 11) is 0. The molecule has 13 heavy (non-hydrogen) atoms. The van der Waals surface area contributed by atoms with Crippen LogP contribution in [0.1, 0.15) is 40.0 Å². The van der Waals surface area contributed by atoms with Crippen molar-refractivity contribution in [2.24, 2.45) is 5.92 Å². The smallest absolute Gasteiger partial charge is 0.00617 e. The Balaban J connectivity index is 3.07. The fourth-order valence-corrected chi connectivity index (χ4v) is 1.61. The molecule has 0 aliphatic rings. The van der Waals surface area contributed by atoms with Crippen molar-refractivity contribution in [1.82, 2.24) is 5.32 Å². The summed E-state index contributed by atoms with van der Waals surface area (Å²) in [6.07, 6.45) is 6.26. The van der Waals surface area contributed by atoms with Crippen LogP contribution in [-0.4, -0.2) is 24.6 Å². The van der Waals surface area contributed by atoms with Crippen molar-refractivity contribution in [3.05, 3.63) is 0 Å². The summed E-state index contributed by atoms with van der Waals surface area (Å²) < 4.78 is 0. The molecule has 0 saturated heterocycles. The minimum atomic E-state index is 0.667.